The molecule has 6 heteroatoms. The predicted octanol–water partition coefficient (Wildman–Crippen LogP) is 3.26. The lowest BCUT2D eigenvalue weighted by Crippen LogP contribution is -2.40. The fourth-order valence-corrected chi connectivity index (χ4v) is 4.24. The molecule has 0 bridgehead atoms. The number of thiophene rings is 1. The second kappa shape index (κ2) is 5.59. The summed E-state index contributed by atoms with van der Waals surface area (Å²) in [6.45, 7) is 0.576. The van der Waals surface area contributed by atoms with E-state index in [1.807, 2.05) is 35.7 Å². The van der Waals surface area contributed by atoms with Crippen LogP contribution in [0, 0.1) is 0 Å². The van der Waals surface area contributed by atoms with Crippen LogP contribution in [0.15, 0.2) is 60.0 Å². The van der Waals surface area contributed by atoms with Gasteiger partial charge in [-0.2, -0.15) is 0 Å². The van der Waals surface area contributed by atoms with Crippen LogP contribution in [0.2, 0.25) is 0 Å². The van der Waals surface area contributed by atoms with Gasteiger partial charge in [-0.15, -0.1) is 11.3 Å². The Morgan fingerprint density at radius 1 is 1.08 bits per heavy atom. The number of carbonyl (C=O) groups excluding carboxylic acids is 1. The fraction of sp³-hybridized carbons (Fsp3) is 0.150. The molecule has 1 unspecified atom stereocenters. The van der Waals surface area contributed by atoms with Crippen LogP contribution in [0.5, 0.6) is 11.5 Å². The van der Waals surface area contributed by atoms with E-state index in [2.05, 4.69) is 0 Å². The van der Waals surface area contributed by atoms with Crippen molar-refractivity contribution >= 4 is 22.9 Å². The van der Waals surface area contributed by atoms with E-state index in [1.54, 1.807) is 40.5 Å². The largest absolute Gasteiger partial charge is 0.454 e. The van der Waals surface area contributed by atoms with E-state index >= 15 is 0 Å². The molecule has 2 aliphatic rings. The highest BCUT2D eigenvalue weighted by Crippen LogP contribution is 2.47. The zero-order valence-electron chi connectivity index (χ0n) is 13.7. The van der Waals surface area contributed by atoms with E-state index in [1.165, 1.54) is 0 Å². The number of hydrogen-bond acceptors (Lipinski definition) is 5. The van der Waals surface area contributed by atoms with Gasteiger partial charge in [0.05, 0.1) is 12.2 Å². The van der Waals surface area contributed by atoms with Gasteiger partial charge in [-0.25, -0.2) is 0 Å². The molecule has 1 atom stereocenters. The highest BCUT2D eigenvalue weighted by atomic mass is 32.1. The zero-order valence-corrected chi connectivity index (χ0v) is 14.5. The average molecular weight is 365 g/mol. The molecule has 2 aliphatic heterocycles. The minimum atomic E-state index is -1.74. The summed E-state index contributed by atoms with van der Waals surface area (Å²) in [5.74, 6) is 0.801. The van der Waals surface area contributed by atoms with Gasteiger partial charge in [0.25, 0.3) is 5.91 Å². The molecular weight excluding hydrogens is 350 g/mol. The SMILES string of the molecule is O=C1N(Cc2cccs2)c2ccccc2C1(O)c1ccc2c(c1)OCO2. The van der Waals surface area contributed by atoms with Crippen molar-refractivity contribution in [3.63, 3.8) is 0 Å². The summed E-state index contributed by atoms with van der Waals surface area (Å²) in [4.78, 5) is 16.0. The molecule has 3 aromatic rings. The molecule has 0 aliphatic carbocycles. The molecule has 1 aromatic heterocycles. The Morgan fingerprint density at radius 2 is 1.92 bits per heavy atom. The van der Waals surface area contributed by atoms with Crippen molar-refractivity contribution in [3.05, 3.63) is 76.0 Å². The number of carbonyl (C=O) groups is 1. The molecule has 0 radical (unpaired) electrons. The first-order chi connectivity index (χ1) is 12.7. The van der Waals surface area contributed by atoms with E-state index in [0.717, 1.165) is 10.6 Å². The van der Waals surface area contributed by atoms with Crippen LogP contribution in [-0.4, -0.2) is 17.8 Å². The maximum absolute atomic E-state index is 13.3. The second-order valence-electron chi connectivity index (χ2n) is 6.27. The molecule has 1 N–H and O–H groups in total. The third-order valence-electron chi connectivity index (χ3n) is 4.82. The van der Waals surface area contributed by atoms with Crippen molar-refractivity contribution in [2.45, 2.75) is 12.1 Å². The predicted molar refractivity (Wildman–Crippen MR) is 97.5 cm³/mol. The van der Waals surface area contributed by atoms with Crippen LogP contribution < -0.4 is 14.4 Å². The number of fused-ring (bicyclic) bond motifs is 2. The molecule has 5 nitrogen and oxygen atoms in total. The van der Waals surface area contributed by atoms with Gasteiger partial charge in [-0.1, -0.05) is 30.3 Å². The number of aliphatic hydroxyl groups is 1. The first-order valence-electron chi connectivity index (χ1n) is 8.24. The molecule has 130 valence electrons. The smallest absolute Gasteiger partial charge is 0.268 e. The molecule has 0 spiro atoms. The minimum absolute atomic E-state index is 0.145. The van der Waals surface area contributed by atoms with E-state index in [-0.39, 0.29) is 12.7 Å². The monoisotopic (exact) mass is 365 g/mol. The Morgan fingerprint density at radius 3 is 2.77 bits per heavy atom. The Bertz CT molecular complexity index is 1000. The lowest BCUT2D eigenvalue weighted by Gasteiger charge is -2.23. The van der Waals surface area contributed by atoms with Crippen LogP contribution in [0.3, 0.4) is 0 Å². The molecule has 26 heavy (non-hydrogen) atoms. The quantitative estimate of drug-likeness (QED) is 0.774. The van der Waals surface area contributed by atoms with Crippen molar-refractivity contribution in [1.29, 1.82) is 0 Å². The lowest BCUT2D eigenvalue weighted by molar-refractivity contribution is -0.132. The molecule has 5 rings (SSSR count). The Hall–Kier alpha value is -2.83. The molecular formula is C20H15NO4S. The first kappa shape index (κ1) is 15.4. The van der Waals surface area contributed by atoms with Crippen LogP contribution >= 0.6 is 11.3 Å². The van der Waals surface area contributed by atoms with E-state index in [9.17, 15) is 9.90 Å². The summed E-state index contributed by atoms with van der Waals surface area (Å²) in [6.07, 6.45) is 0. The van der Waals surface area contributed by atoms with Crippen molar-refractivity contribution in [2.24, 2.45) is 0 Å². The van der Waals surface area contributed by atoms with Crippen molar-refractivity contribution < 1.29 is 19.4 Å². The van der Waals surface area contributed by atoms with Gasteiger partial charge in [0, 0.05) is 16.0 Å². The number of anilines is 1. The summed E-state index contributed by atoms with van der Waals surface area (Å²) in [7, 11) is 0. The number of rotatable bonds is 3. The van der Waals surface area contributed by atoms with Crippen LogP contribution in [-0.2, 0) is 16.9 Å². The first-order valence-corrected chi connectivity index (χ1v) is 9.12. The number of amides is 1. The van der Waals surface area contributed by atoms with Gasteiger partial charge in [0.15, 0.2) is 17.1 Å². The minimum Gasteiger partial charge on any atom is -0.454 e. The standard InChI is InChI=1S/C20H15NO4S/c22-19-20(23,13-7-8-17-18(10-13)25-12-24-17)15-5-1-2-6-16(15)21(19)11-14-4-3-9-26-14/h1-10,23H,11-12H2. The van der Waals surface area contributed by atoms with Crippen molar-refractivity contribution in [2.75, 3.05) is 11.7 Å². The average Bonchev–Trinajstić information content (AvgIpc) is 3.39. The molecule has 0 fully saturated rings. The third-order valence-corrected chi connectivity index (χ3v) is 5.68. The topological polar surface area (TPSA) is 59.0 Å². The van der Waals surface area contributed by atoms with Gasteiger partial charge in [-0.3, -0.25) is 4.79 Å². The number of ether oxygens (including phenoxy) is 2. The summed E-state index contributed by atoms with van der Waals surface area (Å²) >= 11 is 1.59. The third kappa shape index (κ3) is 2.09. The number of nitrogens with zero attached hydrogens (tertiary/aromatic N) is 1. The summed E-state index contributed by atoms with van der Waals surface area (Å²) in [6, 6.07) is 16.4. The molecule has 3 heterocycles. The second-order valence-corrected chi connectivity index (χ2v) is 7.30. The normalized spacial score (nSPS) is 20.5. The van der Waals surface area contributed by atoms with Crippen LogP contribution in [0.25, 0.3) is 0 Å². The summed E-state index contributed by atoms with van der Waals surface area (Å²) in [5, 5.41) is 13.5. The highest BCUT2D eigenvalue weighted by Gasteiger charge is 2.51. The lowest BCUT2D eigenvalue weighted by atomic mass is 9.87. The Balaban J connectivity index is 1.63. The molecule has 0 saturated carbocycles. The van der Waals surface area contributed by atoms with Gasteiger partial charge in [0.2, 0.25) is 6.79 Å². The highest BCUT2D eigenvalue weighted by molar-refractivity contribution is 7.09. The maximum Gasteiger partial charge on any atom is 0.268 e. The number of benzene rings is 2. The molecule has 1 amide bonds. The molecule has 2 aromatic carbocycles. The van der Waals surface area contributed by atoms with Gasteiger partial charge in [-0.05, 0) is 29.6 Å². The maximum atomic E-state index is 13.3. The Labute approximate surface area is 154 Å². The fourth-order valence-electron chi connectivity index (χ4n) is 3.55. The summed E-state index contributed by atoms with van der Waals surface area (Å²) < 4.78 is 10.8. The van der Waals surface area contributed by atoms with Gasteiger partial charge in [0.1, 0.15) is 0 Å². The van der Waals surface area contributed by atoms with E-state index < -0.39 is 5.60 Å². The van der Waals surface area contributed by atoms with E-state index in [4.69, 9.17) is 9.47 Å². The van der Waals surface area contributed by atoms with Gasteiger partial charge >= 0.3 is 0 Å². The van der Waals surface area contributed by atoms with Crippen molar-refractivity contribution in [3.8, 4) is 11.5 Å². The summed E-state index contributed by atoms with van der Waals surface area (Å²) in [5.41, 5.74) is 0.0498. The number of para-hydroxylation sites is 1. The van der Waals surface area contributed by atoms with E-state index in [0.29, 0.717) is 29.2 Å². The van der Waals surface area contributed by atoms with Crippen molar-refractivity contribution in [1.82, 2.24) is 0 Å². The van der Waals surface area contributed by atoms with Crippen LogP contribution in [0.4, 0.5) is 5.69 Å². The Kier molecular flexibility index (Phi) is 3.32. The zero-order chi connectivity index (χ0) is 17.7. The number of hydrogen-bond donors (Lipinski definition) is 1. The van der Waals surface area contributed by atoms with Crippen LogP contribution in [0.1, 0.15) is 16.0 Å². The molecule has 0 saturated heterocycles. The van der Waals surface area contributed by atoms with Gasteiger partial charge < -0.3 is 19.5 Å².